The lowest BCUT2D eigenvalue weighted by Gasteiger charge is -2.07. The lowest BCUT2D eigenvalue weighted by molar-refractivity contribution is -0.113. The van der Waals surface area contributed by atoms with E-state index in [1.165, 1.54) is 11.8 Å². The number of hydrogen-bond acceptors (Lipinski definition) is 6. The molecule has 8 heteroatoms. The van der Waals surface area contributed by atoms with Crippen LogP contribution >= 0.6 is 11.8 Å². The van der Waals surface area contributed by atoms with Crippen LogP contribution in [-0.4, -0.2) is 36.5 Å². The molecule has 0 aliphatic rings. The van der Waals surface area contributed by atoms with Crippen LogP contribution in [0.2, 0.25) is 0 Å². The Morgan fingerprint density at radius 2 is 1.93 bits per heavy atom. The van der Waals surface area contributed by atoms with E-state index in [1.54, 1.807) is 16.9 Å². The van der Waals surface area contributed by atoms with Gasteiger partial charge in [-0.25, -0.2) is 0 Å². The third kappa shape index (κ3) is 4.01. The van der Waals surface area contributed by atoms with Crippen molar-refractivity contribution in [2.75, 3.05) is 11.1 Å². The first kappa shape index (κ1) is 18.1. The molecular weight excluding hydrogens is 372 g/mol. The first-order chi connectivity index (χ1) is 13.6. The summed E-state index contributed by atoms with van der Waals surface area (Å²) < 4.78 is 1.65. The monoisotopic (exact) mass is 390 g/mol. The molecular formula is C20H18N6OS. The summed E-state index contributed by atoms with van der Waals surface area (Å²) in [4.78, 5) is 16.5. The number of nitrogens with one attached hydrogen (secondary N) is 1. The van der Waals surface area contributed by atoms with Crippen LogP contribution in [0.25, 0.3) is 16.9 Å². The molecule has 0 radical (unpaired) electrons. The molecule has 0 atom stereocenters. The second kappa shape index (κ2) is 7.77. The zero-order valence-corrected chi connectivity index (χ0v) is 16.3. The maximum absolute atomic E-state index is 12.3. The SMILES string of the molecule is Cc1cc(C)cc(NC(=O)CSc2nnc3ccc(-c4cccnc4)nn23)c1. The molecule has 4 rings (SSSR count). The van der Waals surface area contributed by atoms with Crippen LogP contribution in [0.3, 0.4) is 0 Å². The van der Waals surface area contributed by atoms with Gasteiger partial charge in [0.2, 0.25) is 11.1 Å². The topological polar surface area (TPSA) is 85.1 Å². The predicted octanol–water partition coefficient (Wildman–Crippen LogP) is 3.53. The highest BCUT2D eigenvalue weighted by Gasteiger charge is 2.12. The molecule has 140 valence electrons. The Labute approximate surface area is 166 Å². The third-order valence-electron chi connectivity index (χ3n) is 4.03. The van der Waals surface area contributed by atoms with Crippen molar-refractivity contribution in [2.24, 2.45) is 0 Å². The average molecular weight is 390 g/mol. The van der Waals surface area contributed by atoms with E-state index in [4.69, 9.17) is 0 Å². The summed E-state index contributed by atoms with van der Waals surface area (Å²) >= 11 is 1.30. The van der Waals surface area contributed by atoms with Gasteiger partial charge in [0.1, 0.15) is 0 Å². The van der Waals surface area contributed by atoms with Crippen molar-refractivity contribution >= 4 is 29.0 Å². The van der Waals surface area contributed by atoms with Crippen LogP contribution < -0.4 is 5.32 Å². The van der Waals surface area contributed by atoms with Gasteiger partial charge in [-0.15, -0.1) is 10.2 Å². The number of thioether (sulfide) groups is 1. The number of hydrogen-bond donors (Lipinski definition) is 1. The van der Waals surface area contributed by atoms with E-state index >= 15 is 0 Å². The number of carbonyl (C=O) groups is 1. The highest BCUT2D eigenvalue weighted by atomic mass is 32.2. The molecule has 1 N–H and O–H groups in total. The fourth-order valence-electron chi connectivity index (χ4n) is 2.90. The first-order valence-corrected chi connectivity index (χ1v) is 9.71. The summed E-state index contributed by atoms with van der Waals surface area (Å²) in [5.74, 6) is 0.113. The van der Waals surface area contributed by atoms with Crippen molar-refractivity contribution in [1.82, 2.24) is 24.8 Å². The van der Waals surface area contributed by atoms with E-state index in [-0.39, 0.29) is 11.7 Å². The van der Waals surface area contributed by atoms with E-state index in [2.05, 4.69) is 31.7 Å². The Kier molecular flexibility index (Phi) is 5.03. The first-order valence-electron chi connectivity index (χ1n) is 8.72. The van der Waals surface area contributed by atoms with Crippen LogP contribution in [0.5, 0.6) is 0 Å². The quantitative estimate of drug-likeness (QED) is 0.525. The summed E-state index contributed by atoms with van der Waals surface area (Å²) in [6, 6.07) is 13.5. The van der Waals surface area contributed by atoms with Crippen LogP contribution in [-0.2, 0) is 4.79 Å². The Morgan fingerprint density at radius 1 is 1.11 bits per heavy atom. The van der Waals surface area contributed by atoms with Crippen LogP contribution in [0.15, 0.2) is 60.0 Å². The van der Waals surface area contributed by atoms with E-state index in [0.29, 0.717) is 10.8 Å². The molecule has 28 heavy (non-hydrogen) atoms. The molecule has 4 aromatic rings. The van der Waals surface area contributed by atoms with Gasteiger partial charge in [0, 0.05) is 23.6 Å². The van der Waals surface area contributed by atoms with Gasteiger partial charge in [0.25, 0.3) is 0 Å². The van der Waals surface area contributed by atoms with Gasteiger partial charge in [0.15, 0.2) is 5.65 Å². The van der Waals surface area contributed by atoms with E-state index in [0.717, 1.165) is 28.1 Å². The van der Waals surface area contributed by atoms with Gasteiger partial charge in [-0.1, -0.05) is 17.8 Å². The van der Waals surface area contributed by atoms with Crippen molar-refractivity contribution in [1.29, 1.82) is 0 Å². The Hall–Kier alpha value is -3.26. The van der Waals surface area contributed by atoms with Gasteiger partial charge in [-0.05, 0) is 61.4 Å². The Bertz CT molecular complexity index is 1120. The molecule has 0 saturated carbocycles. The highest BCUT2D eigenvalue weighted by molar-refractivity contribution is 7.99. The van der Waals surface area contributed by atoms with Crippen molar-refractivity contribution in [2.45, 2.75) is 19.0 Å². The number of carbonyl (C=O) groups excluding carboxylic acids is 1. The van der Waals surface area contributed by atoms with Crippen molar-refractivity contribution in [3.63, 3.8) is 0 Å². The summed E-state index contributed by atoms with van der Waals surface area (Å²) in [5.41, 5.74) is 5.32. The standard InChI is InChI=1S/C20H18N6OS/c1-13-8-14(2)10-16(9-13)22-19(27)12-28-20-24-23-18-6-5-17(25-26(18)20)15-4-3-7-21-11-15/h3-11H,12H2,1-2H3,(H,22,27). The highest BCUT2D eigenvalue weighted by Crippen LogP contribution is 2.20. The molecule has 3 aromatic heterocycles. The second-order valence-corrected chi connectivity index (χ2v) is 7.37. The maximum atomic E-state index is 12.3. The molecule has 7 nitrogen and oxygen atoms in total. The number of nitrogens with zero attached hydrogens (tertiary/aromatic N) is 5. The van der Waals surface area contributed by atoms with Gasteiger partial charge in [-0.2, -0.15) is 9.61 Å². The van der Waals surface area contributed by atoms with Gasteiger partial charge in [0.05, 0.1) is 11.4 Å². The maximum Gasteiger partial charge on any atom is 0.234 e. The van der Waals surface area contributed by atoms with Crippen LogP contribution in [0.1, 0.15) is 11.1 Å². The molecule has 1 aromatic carbocycles. The average Bonchev–Trinajstić information content (AvgIpc) is 3.08. The zero-order valence-electron chi connectivity index (χ0n) is 15.5. The predicted molar refractivity (Wildman–Crippen MR) is 109 cm³/mol. The Balaban J connectivity index is 1.49. The summed E-state index contributed by atoms with van der Waals surface area (Å²) in [6.45, 7) is 4.01. The molecule has 3 heterocycles. The molecule has 0 aliphatic carbocycles. The normalized spacial score (nSPS) is 10.9. The van der Waals surface area contributed by atoms with Crippen LogP contribution in [0.4, 0.5) is 5.69 Å². The lowest BCUT2D eigenvalue weighted by Crippen LogP contribution is -2.14. The van der Waals surface area contributed by atoms with Crippen molar-refractivity contribution < 1.29 is 4.79 Å². The molecule has 0 saturated heterocycles. The number of aryl methyl sites for hydroxylation is 2. The minimum Gasteiger partial charge on any atom is -0.325 e. The smallest absolute Gasteiger partial charge is 0.234 e. The Morgan fingerprint density at radius 3 is 2.68 bits per heavy atom. The fraction of sp³-hybridized carbons (Fsp3) is 0.150. The molecule has 0 spiro atoms. The number of anilines is 1. The van der Waals surface area contributed by atoms with Gasteiger partial charge < -0.3 is 5.32 Å². The third-order valence-corrected chi connectivity index (χ3v) is 4.95. The summed E-state index contributed by atoms with van der Waals surface area (Å²) in [7, 11) is 0. The number of fused-ring (bicyclic) bond motifs is 1. The second-order valence-electron chi connectivity index (χ2n) is 6.43. The molecule has 0 aliphatic heterocycles. The number of aromatic nitrogens is 5. The minimum absolute atomic E-state index is 0.102. The van der Waals surface area contributed by atoms with Gasteiger partial charge >= 0.3 is 0 Å². The molecule has 0 unspecified atom stereocenters. The number of rotatable bonds is 5. The van der Waals surface area contributed by atoms with Gasteiger partial charge in [-0.3, -0.25) is 9.78 Å². The van der Waals surface area contributed by atoms with Crippen LogP contribution in [0, 0.1) is 13.8 Å². The van der Waals surface area contributed by atoms with E-state index < -0.39 is 0 Å². The molecule has 0 bridgehead atoms. The van der Waals surface area contributed by atoms with Crippen molar-refractivity contribution in [3.05, 3.63) is 66.0 Å². The number of amides is 1. The number of pyridine rings is 1. The summed E-state index contributed by atoms with van der Waals surface area (Å²) in [5, 5.41) is 16.4. The number of benzene rings is 1. The zero-order chi connectivity index (χ0) is 19.5. The van der Waals surface area contributed by atoms with E-state index in [9.17, 15) is 4.79 Å². The molecule has 1 amide bonds. The van der Waals surface area contributed by atoms with E-state index in [1.807, 2.05) is 50.2 Å². The van der Waals surface area contributed by atoms with Crippen molar-refractivity contribution in [3.8, 4) is 11.3 Å². The fourth-order valence-corrected chi connectivity index (χ4v) is 3.59. The lowest BCUT2D eigenvalue weighted by atomic mass is 10.1. The molecule has 0 fully saturated rings. The largest absolute Gasteiger partial charge is 0.325 e. The minimum atomic E-state index is -0.102. The summed E-state index contributed by atoms with van der Waals surface area (Å²) in [6.07, 6.45) is 3.47.